The van der Waals surface area contributed by atoms with Gasteiger partial charge < -0.3 is 5.32 Å². The average Bonchev–Trinajstić information content (AvgIpc) is 2.63. The lowest BCUT2D eigenvalue weighted by Gasteiger charge is -2.20. The summed E-state index contributed by atoms with van der Waals surface area (Å²) in [4.78, 5) is 21.6. The van der Waals surface area contributed by atoms with Gasteiger partial charge in [0.05, 0.1) is 23.5 Å². The molecular weight excluding hydrogens is 329 g/mol. The number of anilines is 1. The van der Waals surface area contributed by atoms with Gasteiger partial charge in [0.25, 0.3) is 0 Å². The molecule has 130 valence electrons. The van der Waals surface area contributed by atoms with Crippen LogP contribution in [0.15, 0.2) is 48.5 Å². The third-order valence-electron chi connectivity index (χ3n) is 4.56. The van der Waals surface area contributed by atoms with Crippen LogP contribution in [-0.2, 0) is 24.1 Å². The van der Waals surface area contributed by atoms with Crippen LogP contribution in [0, 0.1) is 12.7 Å². The number of hydrogen-bond donors (Lipinski definition) is 1. The first-order chi connectivity index (χ1) is 12.6. The summed E-state index contributed by atoms with van der Waals surface area (Å²) in [6.07, 6.45) is 1.69. The zero-order chi connectivity index (χ0) is 18.1. The maximum absolute atomic E-state index is 13.5. The molecule has 0 saturated heterocycles. The van der Waals surface area contributed by atoms with E-state index < -0.39 is 0 Å². The van der Waals surface area contributed by atoms with Crippen LogP contribution in [0.1, 0.15) is 22.5 Å². The maximum Gasteiger partial charge on any atom is 0.229 e. The lowest BCUT2D eigenvalue weighted by molar-refractivity contribution is -0.115. The summed E-state index contributed by atoms with van der Waals surface area (Å²) in [5.41, 5.74) is 5.10. The Morgan fingerprint density at radius 1 is 1.12 bits per heavy atom. The first kappa shape index (κ1) is 16.4. The van der Waals surface area contributed by atoms with Crippen molar-refractivity contribution in [2.24, 2.45) is 0 Å². The van der Waals surface area contributed by atoms with Crippen molar-refractivity contribution in [3.05, 3.63) is 76.9 Å². The summed E-state index contributed by atoms with van der Waals surface area (Å²) >= 11 is 0. The number of hydrogen-bond acceptors (Lipinski definition) is 3. The molecule has 5 heteroatoms. The van der Waals surface area contributed by atoms with Crippen molar-refractivity contribution < 1.29 is 9.18 Å². The minimum Gasteiger partial charge on any atom is -0.309 e. The number of rotatable bonds is 3. The van der Waals surface area contributed by atoms with E-state index >= 15 is 0 Å². The van der Waals surface area contributed by atoms with E-state index in [4.69, 9.17) is 0 Å². The predicted molar refractivity (Wildman–Crippen MR) is 98.3 cm³/mol. The molecule has 0 saturated carbocycles. The molecule has 3 aromatic rings. The highest BCUT2D eigenvalue weighted by atomic mass is 19.1. The van der Waals surface area contributed by atoms with E-state index in [2.05, 4.69) is 15.3 Å². The maximum atomic E-state index is 13.5. The SMILES string of the molecule is Cc1nc2c(nc1NC(=O)Cc1ccccc1)CCc1cc(F)ccc1-2. The van der Waals surface area contributed by atoms with Crippen molar-refractivity contribution in [1.29, 1.82) is 0 Å². The smallest absolute Gasteiger partial charge is 0.229 e. The topological polar surface area (TPSA) is 54.9 Å². The van der Waals surface area contributed by atoms with Gasteiger partial charge in [-0.05, 0) is 49.1 Å². The van der Waals surface area contributed by atoms with Gasteiger partial charge in [0.2, 0.25) is 5.91 Å². The molecule has 4 nitrogen and oxygen atoms in total. The second-order valence-corrected chi connectivity index (χ2v) is 6.46. The van der Waals surface area contributed by atoms with E-state index in [1.54, 1.807) is 12.1 Å². The van der Waals surface area contributed by atoms with Crippen molar-refractivity contribution in [1.82, 2.24) is 9.97 Å². The largest absolute Gasteiger partial charge is 0.309 e. The number of carbonyl (C=O) groups is 1. The normalized spacial score (nSPS) is 12.2. The van der Waals surface area contributed by atoms with Gasteiger partial charge in [0, 0.05) is 5.56 Å². The fourth-order valence-corrected chi connectivity index (χ4v) is 3.27. The Balaban J connectivity index is 1.60. The van der Waals surface area contributed by atoms with Crippen molar-refractivity contribution in [2.75, 3.05) is 5.32 Å². The molecule has 1 amide bonds. The van der Waals surface area contributed by atoms with Gasteiger partial charge in [-0.1, -0.05) is 30.3 Å². The van der Waals surface area contributed by atoms with Crippen molar-refractivity contribution in [2.45, 2.75) is 26.2 Å². The highest BCUT2D eigenvalue weighted by Crippen LogP contribution is 2.32. The van der Waals surface area contributed by atoms with Gasteiger partial charge in [-0.3, -0.25) is 4.79 Å². The highest BCUT2D eigenvalue weighted by Gasteiger charge is 2.21. The summed E-state index contributed by atoms with van der Waals surface area (Å²) in [7, 11) is 0. The Kier molecular flexibility index (Phi) is 4.21. The zero-order valence-electron chi connectivity index (χ0n) is 14.4. The lowest BCUT2D eigenvalue weighted by Crippen LogP contribution is -2.19. The van der Waals surface area contributed by atoms with Gasteiger partial charge in [-0.2, -0.15) is 0 Å². The van der Waals surface area contributed by atoms with Gasteiger partial charge in [0.15, 0.2) is 5.82 Å². The number of nitrogens with zero attached hydrogens (tertiary/aromatic N) is 2. The van der Waals surface area contributed by atoms with Crippen molar-refractivity contribution in [3.63, 3.8) is 0 Å². The molecule has 0 radical (unpaired) electrons. The van der Waals surface area contributed by atoms with E-state index in [1.807, 2.05) is 37.3 Å². The van der Waals surface area contributed by atoms with Crippen molar-refractivity contribution >= 4 is 11.7 Å². The Labute approximate surface area is 151 Å². The number of fused-ring (bicyclic) bond motifs is 3. The fourth-order valence-electron chi connectivity index (χ4n) is 3.27. The Bertz CT molecular complexity index is 986. The molecule has 0 unspecified atom stereocenters. The number of amides is 1. The van der Waals surface area contributed by atoms with E-state index in [9.17, 15) is 9.18 Å². The summed E-state index contributed by atoms with van der Waals surface area (Å²) in [6.45, 7) is 1.82. The summed E-state index contributed by atoms with van der Waals surface area (Å²) < 4.78 is 13.5. The molecule has 1 aliphatic rings. The molecule has 1 aliphatic carbocycles. The standard InChI is InChI=1S/C21H18FN3O/c1-13-21(25-19(26)11-14-5-3-2-4-6-14)24-18-10-7-15-12-16(22)8-9-17(15)20(18)23-13/h2-6,8-9,12H,7,10-11H2,1H3,(H,24,25,26). The summed E-state index contributed by atoms with van der Waals surface area (Å²) in [5, 5.41) is 2.87. The Morgan fingerprint density at radius 3 is 2.73 bits per heavy atom. The molecule has 4 rings (SSSR count). The first-order valence-corrected chi connectivity index (χ1v) is 8.60. The van der Waals surface area contributed by atoms with Gasteiger partial charge in [-0.25, -0.2) is 14.4 Å². The van der Waals surface area contributed by atoms with Crippen LogP contribution >= 0.6 is 0 Å². The van der Waals surface area contributed by atoms with Crippen molar-refractivity contribution in [3.8, 4) is 11.3 Å². The van der Waals surface area contributed by atoms with Gasteiger partial charge >= 0.3 is 0 Å². The summed E-state index contributed by atoms with van der Waals surface area (Å²) in [6, 6.07) is 14.3. The van der Waals surface area contributed by atoms with Crippen LogP contribution in [0.2, 0.25) is 0 Å². The molecule has 0 aliphatic heterocycles. The van der Waals surface area contributed by atoms with E-state index in [0.29, 0.717) is 24.4 Å². The predicted octanol–water partition coefficient (Wildman–Crippen LogP) is 3.87. The Morgan fingerprint density at radius 2 is 1.92 bits per heavy atom. The number of nitrogens with one attached hydrogen (secondary N) is 1. The number of aromatic nitrogens is 2. The van der Waals surface area contributed by atoms with E-state index in [-0.39, 0.29) is 11.7 Å². The number of aryl methyl sites for hydroxylation is 3. The monoisotopic (exact) mass is 347 g/mol. The van der Waals surface area contributed by atoms with Crippen LogP contribution in [0.4, 0.5) is 10.2 Å². The molecule has 0 bridgehead atoms. The minimum atomic E-state index is -0.235. The van der Waals surface area contributed by atoms with E-state index in [0.717, 1.165) is 34.5 Å². The molecule has 1 N–H and O–H groups in total. The molecule has 0 atom stereocenters. The number of benzene rings is 2. The molecule has 0 fully saturated rings. The second kappa shape index (κ2) is 6.67. The lowest BCUT2D eigenvalue weighted by atomic mass is 9.91. The van der Waals surface area contributed by atoms with E-state index in [1.165, 1.54) is 6.07 Å². The van der Waals surface area contributed by atoms with Crippen LogP contribution in [0.5, 0.6) is 0 Å². The fraction of sp³-hybridized carbons (Fsp3) is 0.190. The molecule has 1 aromatic heterocycles. The molecule has 0 spiro atoms. The minimum absolute atomic E-state index is 0.119. The highest BCUT2D eigenvalue weighted by molar-refractivity contribution is 5.92. The van der Waals surface area contributed by atoms with Gasteiger partial charge in [0.1, 0.15) is 5.82 Å². The third kappa shape index (κ3) is 3.20. The molecule has 26 heavy (non-hydrogen) atoms. The third-order valence-corrected chi connectivity index (χ3v) is 4.56. The number of halogens is 1. The van der Waals surface area contributed by atoms with Crippen LogP contribution in [0.25, 0.3) is 11.3 Å². The van der Waals surface area contributed by atoms with Crippen LogP contribution in [0.3, 0.4) is 0 Å². The molecule has 2 aromatic carbocycles. The quantitative estimate of drug-likeness (QED) is 0.782. The van der Waals surface area contributed by atoms with Gasteiger partial charge in [-0.15, -0.1) is 0 Å². The zero-order valence-corrected chi connectivity index (χ0v) is 14.4. The first-order valence-electron chi connectivity index (χ1n) is 8.60. The summed E-state index contributed by atoms with van der Waals surface area (Å²) in [5.74, 6) is 0.142. The second-order valence-electron chi connectivity index (χ2n) is 6.46. The Hall–Kier alpha value is -3.08. The molecule has 1 heterocycles. The van der Waals surface area contributed by atoms with Crippen LogP contribution < -0.4 is 5.32 Å². The molecular formula is C21H18FN3O. The average molecular weight is 347 g/mol. The number of carbonyl (C=O) groups excluding carboxylic acids is 1. The van der Waals surface area contributed by atoms with Crippen LogP contribution in [-0.4, -0.2) is 15.9 Å².